The Morgan fingerprint density at radius 2 is 1.82 bits per heavy atom. The Kier molecular flexibility index (Phi) is 8.95. The zero-order valence-corrected chi connectivity index (χ0v) is 21.1. The topological polar surface area (TPSA) is 88.1 Å². The molecule has 2 amide bonds. The van der Waals surface area contributed by atoms with Crippen LogP contribution < -0.4 is 14.8 Å². The van der Waals surface area contributed by atoms with Gasteiger partial charge in [-0.15, -0.1) is 0 Å². The molecular weight excluding hydrogens is 472 g/mol. The molecule has 0 saturated carbocycles. The molecule has 1 saturated heterocycles. The van der Waals surface area contributed by atoms with E-state index >= 15 is 0 Å². The maximum atomic E-state index is 12.9. The smallest absolute Gasteiger partial charge is 0.266 e. The molecular formula is C25H28N2O5S2. The quantitative estimate of drug-likeness (QED) is 0.266. The Labute approximate surface area is 209 Å². The second-order valence-corrected chi connectivity index (χ2v) is 9.46. The fourth-order valence-electron chi connectivity index (χ4n) is 3.50. The van der Waals surface area contributed by atoms with Crippen LogP contribution in [0, 0.1) is 6.92 Å². The van der Waals surface area contributed by atoms with Crippen molar-refractivity contribution >= 4 is 51.9 Å². The van der Waals surface area contributed by atoms with Crippen LogP contribution in [0.3, 0.4) is 0 Å². The molecule has 0 bridgehead atoms. The number of rotatable bonds is 10. The predicted molar refractivity (Wildman–Crippen MR) is 139 cm³/mol. The highest BCUT2D eigenvalue weighted by Crippen LogP contribution is 2.39. The van der Waals surface area contributed by atoms with Gasteiger partial charge in [0.2, 0.25) is 11.7 Å². The van der Waals surface area contributed by atoms with E-state index in [9.17, 15) is 14.7 Å². The number of hydrogen-bond donors (Lipinski definition) is 2. The number of aromatic hydroxyl groups is 1. The molecule has 1 aliphatic rings. The molecule has 34 heavy (non-hydrogen) atoms. The Morgan fingerprint density at radius 3 is 2.47 bits per heavy atom. The first-order valence-corrected chi connectivity index (χ1v) is 12.1. The second-order valence-electron chi connectivity index (χ2n) is 7.78. The van der Waals surface area contributed by atoms with E-state index < -0.39 is 0 Å². The summed E-state index contributed by atoms with van der Waals surface area (Å²) in [6.07, 6.45) is 4.42. The summed E-state index contributed by atoms with van der Waals surface area (Å²) in [4.78, 5) is 27.1. The van der Waals surface area contributed by atoms with Crippen molar-refractivity contribution in [3.63, 3.8) is 0 Å². The summed E-state index contributed by atoms with van der Waals surface area (Å²) in [5.74, 6) is 0.253. The standard InChI is InChI=1S/C25H28N2O5S2/c1-16-9-6-7-10-18(16)26-22(28)11-5-4-8-12-27-24(30)21(34-25(27)33)15-17-13-19(31-2)23(29)20(14-17)32-3/h6-7,9-10,13-15,29H,4-5,8,11-12H2,1-3H3,(H,26,28)/b21-15-. The summed E-state index contributed by atoms with van der Waals surface area (Å²) in [7, 11) is 2.90. The molecule has 0 aromatic heterocycles. The van der Waals surface area contributed by atoms with Crippen LogP contribution in [-0.2, 0) is 9.59 Å². The van der Waals surface area contributed by atoms with Crippen molar-refractivity contribution in [3.05, 3.63) is 52.4 Å². The monoisotopic (exact) mass is 500 g/mol. The molecule has 0 spiro atoms. The van der Waals surface area contributed by atoms with Gasteiger partial charge in [-0.25, -0.2) is 0 Å². The van der Waals surface area contributed by atoms with Crippen molar-refractivity contribution in [3.8, 4) is 17.2 Å². The van der Waals surface area contributed by atoms with E-state index in [1.165, 1.54) is 26.0 Å². The number of anilines is 1. The number of para-hydroxylation sites is 1. The summed E-state index contributed by atoms with van der Waals surface area (Å²) in [5, 5.41) is 13.0. The number of carbonyl (C=O) groups is 2. The van der Waals surface area contributed by atoms with Crippen LogP contribution in [0.2, 0.25) is 0 Å². The number of aryl methyl sites for hydroxylation is 1. The number of hydrogen-bond acceptors (Lipinski definition) is 7. The van der Waals surface area contributed by atoms with Crippen molar-refractivity contribution in [1.29, 1.82) is 0 Å². The van der Waals surface area contributed by atoms with Gasteiger partial charge in [0, 0.05) is 18.7 Å². The van der Waals surface area contributed by atoms with E-state index in [2.05, 4.69) is 5.32 Å². The van der Waals surface area contributed by atoms with Crippen molar-refractivity contribution in [2.75, 3.05) is 26.1 Å². The van der Waals surface area contributed by atoms with Crippen LogP contribution in [0.1, 0.15) is 36.8 Å². The summed E-state index contributed by atoms with van der Waals surface area (Å²) in [6, 6.07) is 10.9. The first-order valence-electron chi connectivity index (χ1n) is 10.9. The van der Waals surface area contributed by atoms with E-state index in [-0.39, 0.29) is 29.1 Å². The number of benzene rings is 2. The van der Waals surface area contributed by atoms with Gasteiger partial charge in [-0.05, 0) is 55.2 Å². The molecule has 0 aliphatic carbocycles. The van der Waals surface area contributed by atoms with Crippen LogP contribution in [-0.4, -0.2) is 46.9 Å². The van der Waals surface area contributed by atoms with Gasteiger partial charge < -0.3 is 19.9 Å². The number of carbonyl (C=O) groups excluding carboxylic acids is 2. The minimum absolute atomic E-state index is 0.0115. The van der Waals surface area contributed by atoms with Crippen molar-refractivity contribution in [1.82, 2.24) is 4.90 Å². The first-order chi connectivity index (χ1) is 16.3. The van der Waals surface area contributed by atoms with Crippen LogP contribution in [0.5, 0.6) is 17.2 Å². The molecule has 180 valence electrons. The molecule has 2 aromatic rings. The number of thioether (sulfide) groups is 1. The molecule has 0 radical (unpaired) electrons. The third-order valence-electron chi connectivity index (χ3n) is 5.38. The molecule has 1 fully saturated rings. The van der Waals surface area contributed by atoms with E-state index in [0.717, 1.165) is 30.5 Å². The van der Waals surface area contributed by atoms with E-state index in [1.54, 1.807) is 23.1 Å². The first kappa shape index (κ1) is 25.6. The van der Waals surface area contributed by atoms with Crippen LogP contribution >= 0.6 is 24.0 Å². The van der Waals surface area contributed by atoms with Gasteiger partial charge in [0.1, 0.15) is 4.32 Å². The fraction of sp³-hybridized carbons (Fsp3) is 0.320. The molecule has 3 rings (SSSR count). The second kappa shape index (κ2) is 11.9. The SMILES string of the molecule is COc1cc(/C=C2\SC(=S)N(CCCCCC(=O)Nc3ccccc3C)C2=O)cc(OC)c1O. The van der Waals surface area contributed by atoms with Crippen LogP contribution in [0.15, 0.2) is 41.3 Å². The summed E-state index contributed by atoms with van der Waals surface area (Å²) in [5.41, 5.74) is 2.52. The third kappa shape index (κ3) is 6.30. The minimum atomic E-state index is -0.154. The van der Waals surface area contributed by atoms with Gasteiger partial charge in [-0.1, -0.05) is 48.6 Å². The summed E-state index contributed by atoms with van der Waals surface area (Å²) in [6.45, 7) is 2.46. The number of methoxy groups -OCH3 is 2. The maximum absolute atomic E-state index is 12.9. The van der Waals surface area contributed by atoms with E-state index in [0.29, 0.717) is 27.8 Å². The molecule has 2 N–H and O–H groups in total. The molecule has 9 heteroatoms. The average molecular weight is 501 g/mol. The highest BCUT2D eigenvalue weighted by atomic mass is 32.2. The number of thiocarbonyl (C=S) groups is 1. The zero-order chi connectivity index (χ0) is 24.7. The van der Waals surface area contributed by atoms with E-state index in [4.69, 9.17) is 21.7 Å². The molecule has 1 heterocycles. The average Bonchev–Trinajstić information content (AvgIpc) is 3.08. The lowest BCUT2D eigenvalue weighted by Crippen LogP contribution is -2.29. The van der Waals surface area contributed by atoms with Gasteiger partial charge >= 0.3 is 0 Å². The Balaban J connectivity index is 1.50. The number of nitrogens with zero attached hydrogens (tertiary/aromatic N) is 1. The molecule has 0 atom stereocenters. The number of unbranched alkanes of at least 4 members (excludes halogenated alkanes) is 2. The lowest BCUT2D eigenvalue weighted by Gasteiger charge is -2.14. The Hall–Kier alpha value is -3.04. The molecule has 7 nitrogen and oxygen atoms in total. The highest BCUT2D eigenvalue weighted by Gasteiger charge is 2.31. The number of phenols is 1. The van der Waals surface area contributed by atoms with Gasteiger partial charge in [-0.2, -0.15) is 0 Å². The molecule has 0 unspecified atom stereocenters. The van der Waals surface area contributed by atoms with Crippen LogP contribution in [0.25, 0.3) is 6.08 Å². The van der Waals surface area contributed by atoms with Crippen LogP contribution in [0.4, 0.5) is 5.69 Å². The fourth-order valence-corrected chi connectivity index (χ4v) is 4.81. The third-order valence-corrected chi connectivity index (χ3v) is 6.76. The van der Waals surface area contributed by atoms with Gasteiger partial charge in [-0.3, -0.25) is 14.5 Å². The lowest BCUT2D eigenvalue weighted by molar-refractivity contribution is -0.122. The van der Waals surface area contributed by atoms with Crippen molar-refractivity contribution in [2.24, 2.45) is 0 Å². The zero-order valence-electron chi connectivity index (χ0n) is 19.4. The van der Waals surface area contributed by atoms with Gasteiger partial charge in [0.05, 0.1) is 19.1 Å². The normalized spacial score (nSPS) is 14.6. The molecule has 2 aromatic carbocycles. The predicted octanol–water partition coefficient (Wildman–Crippen LogP) is 5.12. The number of amides is 2. The minimum Gasteiger partial charge on any atom is -0.502 e. The Morgan fingerprint density at radius 1 is 1.15 bits per heavy atom. The highest BCUT2D eigenvalue weighted by molar-refractivity contribution is 8.26. The summed E-state index contributed by atoms with van der Waals surface area (Å²) >= 11 is 6.65. The number of phenolic OH excluding ortho intramolecular Hbond substituents is 1. The van der Waals surface area contributed by atoms with Crippen molar-refractivity contribution in [2.45, 2.75) is 32.6 Å². The number of ether oxygens (including phenoxy) is 2. The van der Waals surface area contributed by atoms with Crippen molar-refractivity contribution < 1.29 is 24.2 Å². The van der Waals surface area contributed by atoms with E-state index in [1.807, 2.05) is 31.2 Å². The lowest BCUT2D eigenvalue weighted by atomic mass is 10.1. The maximum Gasteiger partial charge on any atom is 0.266 e. The largest absolute Gasteiger partial charge is 0.502 e. The summed E-state index contributed by atoms with van der Waals surface area (Å²) < 4.78 is 10.9. The molecule has 1 aliphatic heterocycles. The van der Waals surface area contributed by atoms with Gasteiger partial charge in [0.25, 0.3) is 5.91 Å². The Bertz CT molecular complexity index is 1090. The van der Waals surface area contributed by atoms with Gasteiger partial charge in [0.15, 0.2) is 11.5 Å². The number of nitrogens with one attached hydrogen (secondary N) is 1.